The molecule has 1 aliphatic carbocycles. The Labute approximate surface area is 114 Å². The minimum atomic E-state index is 0.669. The third-order valence-corrected chi connectivity index (χ3v) is 4.51. The van der Waals surface area contributed by atoms with Crippen molar-refractivity contribution in [1.82, 2.24) is 9.97 Å². The van der Waals surface area contributed by atoms with Crippen LogP contribution >= 0.6 is 0 Å². The van der Waals surface area contributed by atoms with E-state index in [-0.39, 0.29) is 0 Å². The Morgan fingerprint density at radius 3 is 2.74 bits per heavy atom. The second-order valence-electron chi connectivity index (χ2n) is 5.75. The molecule has 5 heteroatoms. The molecular formula is C14H23N5. The number of rotatable bonds is 3. The summed E-state index contributed by atoms with van der Waals surface area (Å²) < 4.78 is 0. The number of aromatic nitrogens is 2. The first-order chi connectivity index (χ1) is 9.28. The van der Waals surface area contributed by atoms with E-state index in [9.17, 15) is 0 Å². The van der Waals surface area contributed by atoms with Crippen LogP contribution in [0.5, 0.6) is 0 Å². The highest BCUT2D eigenvalue weighted by Crippen LogP contribution is 2.37. The molecular weight excluding hydrogens is 238 g/mol. The first kappa shape index (κ1) is 12.7. The Morgan fingerprint density at radius 2 is 2.00 bits per heavy atom. The predicted octanol–water partition coefficient (Wildman–Crippen LogP) is 2.23. The van der Waals surface area contributed by atoms with E-state index in [0.717, 1.165) is 24.1 Å². The van der Waals surface area contributed by atoms with Gasteiger partial charge in [0.2, 0.25) is 0 Å². The van der Waals surface area contributed by atoms with Crippen molar-refractivity contribution in [3.05, 3.63) is 11.9 Å². The topological polar surface area (TPSA) is 67.1 Å². The van der Waals surface area contributed by atoms with E-state index < -0.39 is 0 Å². The third-order valence-electron chi connectivity index (χ3n) is 4.51. The van der Waals surface area contributed by atoms with Crippen molar-refractivity contribution in [1.29, 1.82) is 0 Å². The Hall–Kier alpha value is -1.36. The monoisotopic (exact) mass is 261 g/mol. The van der Waals surface area contributed by atoms with Gasteiger partial charge in [0.1, 0.15) is 17.5 Å². The number of nitrogen functional groups attached to an aromatic ring is 1. The summed E-state index contributed by atoms with van der Waals surface area (Å²) in [7, 11) is 0. The maximum atomic E-state index is 5.48. The van der Waals surface area contributed by atoms with Crippen molar-refractivity contribution in [2.24, 2.45) is 11.8 Å². The van der Waals surface area contributed by atoms with Crippen LogP contribution in [0.2, 0.25) is 0 Å². The van der Waals surface area contributed by atoms with Crippen molar-refractivity contribution in [2.75, 3.05) is 16.9 Å². The number of anilines is 2. The zero-order chi connectivity index (χ0) is 13.2. The van der Waals surface area contributed by atoms with Gasteiger partial charge in [0.25, 0.3) is 0 Å². The molecule has 0 aromatic carbocycles. The van der Waals surface area contributed by atoms with Gasteiger partial charge in [-0.2, -0.15) is 0 Å². The van der Waals surface area contributed by atoms with Gasteiger partial charge in [0, 0.05) is 18.7 Å². The molecule has 3 N–H and O–H groups in total. The van der Waals surface area contributed by atoms with E-state index >= 15 is 0 Å². The standard InChI is InChI=1S/C14H23N5/c1-10-16-13(18-15)9-14(17-10)19-8-4-7-12(19)11-5-2-3-6-11/h9,11-12H,2-8,15H2,1H3,(H,16,17,18). The Morgan fingerprint density at radius 1 is 1.21 bits per heavy atom. The van der Waals surface area contributed by atoms with Gasteiger partial charge in [0.05, 0.1) is 0 Å². The quantitative estimate of drug-likeness (QED) is 0.645. The van der Waals surface area contributed by atoms with E-state index in [2.05, 4.69) is 20.3 Å². The Kier molecular flexibility index (Phi) is 3.55. The molecule has 1 aromatic heterocycles. The molecule has 5 nitrogen and oxygen atoms in total. The lowest BCUT2D eigenvalue weighted by molar-refractivity contribution is 0.429. The molecule has 1 saturated carbocycles. The average Bonchev–Trinajstić information content (AvgIpc) is 3.08. The van der Waals surface area contributed by atoms with Crippen molar-refractivity contribution in [3.8, 4) is 0 Å². The number of hydrogen-bond donors (Lipinski definition) is 2. The largest absolute Gasteiger partial charge is 0.353 e. The highest BCUT2D eigenvalue weighted by molar-refractivity contribution is 5.50. The molecule has 1 atom stereocenters. The highest BCUT2D eigenvalue weighted by atomic mass is 15.3. The van der Waals surface area contributed by atoms with Crippen LogP contribution in [0.4, 0.5) is 11.6 Å². The smallest absolute Gasteiger partial charge is 0.145 e. The summed E-state index contributed by atoms with van der Waals surface area (Å²) in [6.45, 7) is 3.03. The summed E-state index contributed by atoms with van der Waals surface area (Å²) in [5.41, 5.74) is 2.64. The first-order valence-electron chi connectivity index (χ1n) is 7.37. The van der Waals surface area contributed by atoms with Crippen molar-refractivity contribution < 1.29 is 0 Å². The molecule has 0 bridgehead atoms. The summed E-state index contributed by atoms with van der Waals surface area (Å²) in [4.78, 5) is 11.4. The lowest BCUT2D eigenvalue weighted by atomic mass is 9.96. The van der Waals surface area contributed by atoms with Crippen molar-refractivity contribution in [3.63, 3.8) is 0 Å². The lowest BCUT2D eigenvalue weighted by Crippen LogP contribution is -2.35. The molecule has 3 rings (SSSR count). The summed E-state index contributed by atoms with van der Waals surface area (Å²) in [6.07, 6.45) is 8.13. The van der Waals surface area contributed by atoms with Crippen LogP contribution in [-0.4, -0.2) is 22.6 Å². The van der Waals surface area contributed by atoms with Gasteiger partial charge < -0.3 is 10.3 Å². The van der Waals surface area contributed by atoms with Crippen LogP contribution < -0.4 is 16.2 Å². The molecule has 1 saturated heterocycles. The predicted molar refractivity (Wildman–Crippen MR) is 76.9 cm³/mol. The van der Waals surface area contributed by atoms with Gasteiger partial charge in [-0.3, -0.25) is 0 Å². The number of nitrogens with one attached hydrogen (secondary N) is 1. The van der Waals surface area contributed by atoms with Gasteiger partial charge >= 0.3 is 0 Å². The second-order valence-corrected chi connectivity index (χ2v) is 5.75. The second kappa shape index (κ2) is 5.33. The lowest BCUT2D eigenvalue weighted by Gasteiger charge is -2.30. The van der Waals surface area contributed by atoms with Crippen LogP contribution in [-0.2, 0) is 0 Å². The Bertz CT molecular complexity index is 441. The van der Waals surface area contributed by atoms with Crippen LogP contribution in [0.25, 0.3) is 0 Å². The summed E-state index contributed by atoms with van der Waals surface area (Å²) in [5.74, 6) is 8.86. The molecule has 104 valence electrons. The molecule has 0 spiro atoms. The molecule has 1 aromatic rings. The molecule has 2 aliphatic rings. The fourth-order valence-corrected chi connectivity index (χ4v) is 3.68. The molecule has 1 unspecified atom stereocenters. The number of aryl methyl sites for hydroxylation is 1. The first-order valence-corrected chi connectivity index (χ1v) is 7.37. The number of hydrogen-bond acceptors (Lipinski definition) is 5. The number of nitrogens with zero attached hydrogens (tertiary/aromatic N) is 3. The molecule has 2 fully saturated rings. The van der Waals surface area contributed by atoms with Crippen molar-refractivity contribution in [2.45, 2.75) is 51.5 Å². The van der Waals surface area contributed by atoms with E-state index in [0.29, 0.717) is 11.9 Å². The molecule has 19 heavy (non-hydrogen) atoms. The fraction of sp³-hybridized carbons (Fsp3) is 0.714. The third kappa shape index (κ3) is 2.52. The summed E-state index contributed by atoms with van der Waals surface area (Å²) in [5, 5.41) is 0. The van der Waals surface area contributed by atoms with E-state index in [1.165, 1.54) is 38.5 Å². The van der Waals surface area contributed by atoms with E-state index in [1.807, 2.05) is 13.0 Å². The minimum absolute atomic E-state index is 0.669. The highest BCUT2D eigenvalue weighted by Gasteiger charge is 2.34. The zero-order valence-corrected chi connectivity index (χ0v) is 11.6. The maximum absolute atomic E-state index is 5.48. The van der Waals surface area contributed by atoms with E-state index in [1.54, 1.807) is 0 Å². The van der Waals surface area contributed by atoms with Gasteiger partial charge in [-0.25, -0.2) is 15.8 Å². The Balaban J connectivity index is 1.85. The summed E-state index contributed by atoms with van der Waals surface area (Å²) in [6, 6.07) is 2.64. The van der Waals surface area contributed by atoms with E-state index in [4.69, 9.17) is 5.84 Å². The van der Waals surface area contributed by atoms with Gasteiger partial charge in [-0.05, 0) is 38.5 Å². The average molecular weight is 261 g/mol. The molecule has 2 heterocycles. The molecule has 1 aliphatic heterocycles. The zero-order valence-electron chi connectivity index (χ0n) is 11.6. The van der Waals surface area contributed by atoms with Crippen molar-refractivity contribution >= 4 is 11.6 Å². The van der Waals surface area contributed by atoms with Crippen LogP contribution in [0.1, 0.15) is 44.3 Å². The minimum Gasteiger partial charge on any atom is -0.353 e. The fourth-order valence-electron chi connectivity index (χ4n) is 3.68. The molecule has 0 amide bonds. The SMILES string of the molecule is Cc1nc(NN)cc(N2CCCC2C2CCCC2)n1. The van der Waals surface area contributed by atoms with Crippen LogP contribution in [0, 0.1) is 12.8 Å². The molecule has 0 radical (unpaired) electrons. The number of nitrogens with two attached hydrogens (primary N) is 1. The van der Waals surface area contributed by atoms with Crippen LogP contribution in [0.15, 0.2) is 6.07 Å². The van der Waals surface area contributed by atoms with Gasteiger partial charge in [-0.1, -0.05) is 12.8 Å². The van der Waals surface area contributed by atoms with Crippen LogP contribution in [0.3, 0.4) is 0 Å². The van der Waals surface area contributed by atoms with Gasteiger partial charge in [-0.15, -0.1) is 0 Å². The maximum Gasteiger partial charge on any atom is 0.145 e. The normalized spacial score (nSPS) is 24.1. The van der Waals surface area contributed by atoms with Gasteiger partial charge in [0.15, 0.2) is 0 Å². The summed E-state index contributed by atoms with van der Waals surface area (Å²) >= 11 is 0. The number of hydrazine groups is 1.